The van der Waals surface area contributed by atoms with Crippen molar-refractivity contribution in [2.24, 2.45) is 0 Å². The number of methoxy groups -OCH3 is 2. The molecule has 12 heteroatoms. The molecule has 1 atom stereocenters. The molecule has 0 heterocycles. The number of nitrogens with one attached hydrogen (secondary N) is 1. The van der Waals surface area contributed by atoms with Gasteiger partial charge in [0.05, 0.1) is 31.4 Å². The lowest BCUT2D eigenvalue weighted by atomic mass is 10.1. The number of carbonyl (C=O) groups excluding carboxylic acids is 2. The first-order chi connectivity index (χ1) is 20.9. The van der Waals surface area contributed by atoms with E-state index in [0.717, 1.165) is 4.31 Å². The van der Waals surface area contributed by atoms with Crippen LogP contribution in [0.5, 0.6) is 17.2 Å². The van der Waals surface area contributed by atoms with E-state index in [1.165, 1.54) is 61.6 Å². The fourth-order valence-corrected chi connectivity index (χ4v) is 6.03. The van der Waals surface area contributed by atoms with Crippen LogP contribution in [0, 0.1) is 5.82 Å². The molecule has 3 aromatic rings. The summed E-state index contributed by atoms with van der Waals surface area (Å²) in [5.74, 6) is -0.394. The molecular weight excluding hydrogens is 589 g/mol. The van der Waals surface area contributed by atoms with Crippen LogP contribution >= 0.6 is 0 Å². The highest BCUT2D eigenvalue weighted by Crippen LogP contribution is 2.33. The summed E-state index contributed by atoms with van der Waals surface area (Å²) in [6, 6.07) is 14.9. The Labute approximate surface area is 258 Å². The average molecular weight is 630 g/mol. The third-order valence-corrected chi connectivity index (χ3v) is 8.51. The molecule has 3 rings (SSSR count). The number of rotatable bonds is 15. The van der Waals surface area contributed by atoms with Gasteiger partial charge in [-0.1, -0.05) is 19.1 Å². The van der Waals surface area contributed by atoms with Crippen molar-refractivity contribution in [3.63, 3.8) is 0 Å². The van der Waals surface area contributed by atoms with Crippen molar-refractivity contribution in [2.75, 3.05) is 31.7 Å². The SMILES string of the molecule is CCOc1ccc(N(CC(=O)N(Cc2ccc(F)cc2)[C@@H](CC)C(=O)NC(C)C)S(=O)(=O)c2ccc(OC)c(OC)c2)cc1. The van der Waals surface area contributed by atoms with Gasteiger partial charge in [-0.2, -0.15) is 0 Å². The normalized spacial score (nSPS) is 11.9. The third-order valence-electron chi connectivity index (χ3n) is 6.74. The van der Waals surface area contributed by atoms with Gasteiger partial charge in [-0.05, 0) is 81.3 Å². The van der Waals surface area contributed by atoms with E-state index in [1.54, 1.807) is 45.0 Å². The van der Waals surface area contributed by atoms with Crippen LogP contribution in [-0.4, -0.2) is 64.6 Å². The summed E-state index contributed by atoms with van der Waals surface area (Å²) >= 11 is 0. The van der Waals surface area contributed by atoms with Crippen LogP contribution in [-0.2, 0) is 26.2 Å². The van der Waals surface area contributed by atoms with Gasteiger partial charge in [0, 0.05) is 18.7 Å². The van der Waals surface area contributed by atoms with Crippen molar-refractivity contribution in [1.82, 2.24) is 10.2 Å². The van der Waals surface area contributed by atoms with E-state index >= 15 is 0 Å². The first-order valence-electron chi connectivity index (χ1n) is 14.3. The number of benzene rings is 3. The predicted octanol–water partition coefficient (Wildman–Crippen LogP) is 4.77. The van der Waals surface area contributed by atoms with Gasteiger partial charge in [-0.3, -0.25) is 13.9 Å². The van der Waals surface area contributed by atoms with E-state index in [-0.39, 0.29) is 41.2 Å². The van der Waals surface area contributed by atoms with Crippen molar-refractivity contribution >= 4 is 27.5 Å². The molecule has 0 aliphatic carbocycles. The molecule has 0 aliphatic rings. The van der Waals surface area contributed by atoms with Crippen LogP contribution in [0.1, 0.15) is 39.7 Å². The van der Waals surface area contributed by atoms with Gasteiger partial charge in [0.2, 0.25) is 11.8 Å². The maximum atomic E-state index is 14.2. The summed E-state index contributed by atoms with van der Waals surface area (Å²) in [6.07, 6.45) is 0.261. The van der Waals surface area contributed by atoms with Crippen molar-refractivity contribution in [3.05, 3.63) is 78.1 Å². The van der Waals surface area contributed by atoms with Crippen LogP contribution < -0.4 is 23.8 Å². The van der Waals surface area contributed by atoms with Gasteiger partial charge in [0.1, 0.15) is 24.2 Å². The molecule has 0 unspecified atom stereocenters. The average Bonchev–Trinajstić information content (AvgIpc) is 3.00. The zero-order chi connectivity index (χ0) is 32.4. The predicted molar refractivity (Wildman–Crippen MR) is 166 cm³/mol. The Balaban J connectivity index is 2.11. The lowest BCUT2D eigenvalue weighted by Crippen LogP contribution is -2.53. The highest BCUT2D eigenvalue weighted by Gasteiger charge is 2.34. The van der Waals surface area contributed by atoms with E-state index in [0.29, 0.717) is 23.7 Å². The minimum Gasteiger partial charge on any atom is -0.494 e. The fourth-order valence-electron chi connectivity index (χ4n) is 4.59. The van der Waals surface area contributed by atoms with Crippen LogP contribution in [0.25, 0.3) is 0 Å². The van der Waals surface area contributed by atoms with Crippen LogP contribution in [0.4, 0.5) is 10.1 Å². The Kier molecular flexibility index (Phi) is 12.0. The minimum atomic E-state index is -4.36. The first-order valence-corrected chi connectivity index (χ1v) is 15.7. The molecular formula is C32H40FN3O7S. The second kappa shape index (κ2) is 15.4. The van der Waals surface area contributed by atoms with Crippen molar-refractivity contribution in [3.8, 4) is 17.2 Å². The molecule has 0 aromatic heterocycles. The number of hydrogen-bond acceptors (Lipinski definition) is 7. The van der Waals surface area contributed by atoms with Crippen LogP contribution in [0.2, 0.25) is 0 Å². The van der Waals surface area contributed by atoms with E-state index in [1.807, 2.05) is 6.92 Å². The molecule has 0 bridgehead atoms. The van der Waals surface area contributed by atoms with E-state index in [9.17, 15) is 22.4 Å². The topological polar surface area (TPSA) is 114 Å². The van der Waals surface area contributed by atoms with Crippen molar-refractivity contribution in [1.29, 1.82) is 0 Å². The summed E-state index contributed by atoms with van der Waals surface area (Å²) in [5.41, 5.74) is 0.781. The van der Waals surface area contributed by atoms with Crippen LogP contribution in [0.3, 0.4) is 0 Å². The number of hydrogen-bond donors (Lipinski definition) is 1. The number of halogens is 1. The van der Waals surface area contributed by atoms with E-state index in [4.69, 9.17) is 14.2 Å². The quantitative estimate of drug-likeness (QED) is 0.258. The van der Waals surface area contributed by atoms with E-state index < -0.39 is 34.3 Å². The lowest BCUT2D eigenvalue weighted by Gasteiger charge is -2.33. The molecule has 44 heavy (non-hydrogen) atoms. The molecule has 0 aliphatic heterocycles. The molecule has 0 spiro atoms. The first kappa shape index (κ1) is 34.2. The molecule has 0 saturated carbocycles. The zero-order valence-electron chi connectivity index (χ0n) is 25.9. The molecule has 0 fully saturated rings. The van der Waals surface area contributed by atoms with Gasteiger partial charge in [0.25, 0.3) is 10.0 Å². The van der Waals surface area contributed by atoms with Gasteiger partial charge in [-0.25, -0.2) is 12.8 Å². The Bertz CT molecular complexity index is 1510. The monoisotopic (exact) mass is 629 g/mol. The number of sulfonamides is 1. The summed E-state index contributed by atoms with van der Waals surface area (Å²) in [4.78, 5) is 28.6. The molecule has 0 radical (unpaired) electrons. The van der Waals surface area contributed by atoms with Crippen LogP contribution in [0.15, 0.2) is 71.6 Å². The maximum Gasteiger partial charge on any atom is 0.264 e. The Morgan fingerprint density at radius 2 is 1.55 bits per heavy atom. The number of ether oxygens (including phenoxy) is 3. The number of amides is 2. The summed E-state index contributed by atoms with van der Waals surface area (Å²) < 4.78 is 59.1. The smallest absolute Gasteiger partial charge is 0.264 e. The highest BCUT2D eigenvalue weighted by molar-refractivity contribution is 7.92. The second-order valence-corrected chi connectivity index (χ2v) is 12.1. The Morgan fingerprint density at radius 3 is 2.09 bits per heavy atom. The maximum absolute atomic E-state index is 14.2. The third kappa shape index (κ3) is 8.40. The number of carbonyl (C=O) groups is 2. The molecule has 2 amide bonds. The molecule has 1 N–H and O–H groups in total. The standard InChI is InChI=1S/C32H40FN3O7S/c1-7-28(32(38)34-22(3)4)35(20-23-9-11-24(33)12-10-23)31(37)21-36(25-13-15-26(16-14-25)43-8-2)44(39,40)27-17-18-29(41-5)30(19-27)42-6/h9-19,22,28H,7-8,20-21H2,1-6H3,(H,34,38)/t28-/m0/s1. The second-order valence-electron chi connectivity index (χ2n) is 10.2. The molecule has 0 saturated heterocycles. The number of anilines is 1. The molecule has 3 aromatic carbocycles. The summed E-state index contributed by atoms with van der Waals surface area (Å²) in [6.45, 7) is 6.95. The number of nitrogens with zero attached hydrogens (tertiary/aromatic N) is 2. The summed E-state index contributed by atoms with van der Waals surface area (Å²) in [7, 11) is -1.53. The van der Waals surface area contributed by atoms with Gasteiger partial charge in [-0.15, -0.1) is 0 Å². The Hall–Kier alpha value is -4.32. The minimum absolute atomic E-state index is 0.0450. The Morgan fingerprint density at radius 1 is 0.909 bits per heavy atom. The largest absolute Gasteiger partial charge is 0.494 e. The zero-order valence-corrected chi connectivity index (χ0v) is 26.7. The van der Waals surface area contributed by atoms with E-state index in [2.05, 4.69) is 5.32 Å². The molecule has 10 nitrogen and oxygen atoms in total. The van der Waals surface area contributed by atoms with Crippen molar-refractivity contribution in [2.45, 2.75) is 57.6 Å². The molecule has 238 valence electrons. The fraction of sp³-hybridized carbons (Fsp3) is 0.375. The lowest BCUT2D eigenvalue weighted by molar-refractivity contribution is -0.140. The van der Waals surface area contributed by atoms with Crippen molar-refractivity contribution < 1.29 is 36.6 Å². The highest BCUT2D eigenvalue weighted by atomic mass is 32.2. The van der Waals surface area contributed by atoms with Gasteiger partial charge < -0.3 is 24.4 Å². The van der Waals surface area contributed by atoms with Gasteiger partial charge >= 0.3 is 0 Å². The summed E-state index contributed by atoms with van der Waals surface area (Å²) in [5, 5.41) is 2.84. The van der Waals surface area contributed by atoms with Gasteiger partial charge in [0.15, 0.2) is 11.5 Å².